The van der Waals surface area contributed by atoms with Crippen LogP contribution in [0.15, 0.2) is 22.7 Å². The van der Waals surface area contributed by atoms with Crippen molar-refractivity contribution < 1.29 is 13.3 Å². The minimum atomic E-state index is -0.509. The van der Waals surface area contributed by atoms with E-state index in [-0.39, 0.29) is 0 Å². The maximum atomic E-state index is 13.2. The number of rotatable bonds is 5. The zero-order chi connectivity index (χ0) is 16.2. The molecule has 1 aliphatic rings. The average Bonchev–Trinajstić information content (AvgIpc) is 2.91. The van der Waals surface area contributed by atoms with Gasteiger partial charge >= 0.3 is 0 Å². The lowest BCUT2D eigenvalue weighted by atomic mass is 9.92. The van der Waals surface area contributed by atoms with Crippen LogP contribution >= 0.6 is 0 Å². The van der Waals surface area contributed by atoms with Crippen molar-refractivity contribution in [3.05, 3.63) is 47.1 Å². The van der Waals surface area contributed by atoms with Crippen LogP contribution in [-0.4, -0.2) is 28.1 Å². The molecule has 2 heterocycles. The van der Waals surface area contributed by atoms with Gasteiger partial charge in [0.05, 0.1) is 0 Å². The number of likely N-dealkylation sites (tertiary alicyclic amines) is 1. The van der Waals surface area contributed by atoms with Crippen LogP contribution in [0.25, 0.3) is 0 Å². The molecule has 0 unspecified atom stereocenters. The van der Waals surface area contributed by atoms with E-state index in [1.807, 2.05) is 0 Å². The van der Waals surface area contributed by atoms with Crippen molar-refractivity contribution in [3.63, 3.8) is 0 Å². The molecule has 0 spiro atoms. The van der Waals surface area contributed by atoms with Gasteiger partial charge in [0, 0.05) is 26.0 Å². The third kappa shape index (κ3) is 4.58. The number of hydrogen-bond donors (Lipinski definition) is 0. The van der Waals surface area contributed by atoms with Crippen LogP contribution in [0.4, 0.5) is 8.78 Å². The molecule has 0 atom stereocenters. The Morgan fingerprint density at radius 1 is 1.17 bits per heavy atom. The Bertz CT molecular complexity index is 631. The predicted octanol–water partition coefficient (Wildman–Crippen LogP) is 3.50. The molecule has 1 aromatic carbocycles. The van der Waals surface area contributed by atoms with E-state index in [9.17, 15) is 8.78 Å². The number of benzene rings is 1. The van der Waals surface area contributed by atoms with Crippen molar-refractivity contribution in [2.75, 3.05) is 13.1 Å². The van der Waals surface area contributed by atoms with E-state index in [1.165, 1.54) is 12.1 Å². The fraction of sp³-hybridized carbons (Fsp3) is 0.529. The van der Waals surface area contributed by atoms with E-state index in [2.05, 4.69) is 15.0 Å². The molecule has 1 saturated heterocycles. The molecule has 1 aliphatic heterocycles. The monoisotopic (exact) mass is 321 g/mol. The minimum absolute atomic E-state index is 0.509. The maximum Gasteiger partial charge on any atom is 0.223 e. The molecule has 0 aliphatic carbocycles. The van der Waals surface area contributed by atoms with Gasteiger partial charge in [-0.3, -0.25) is 4.90 Å². The number of aryl methyl sites for hydroxylation is 2. The van der Waals surface area contributed by atoms with Crippen LogP contribution in [0.1, 0.15) is 36.5 Å². The van der Waals surface area contributed by atoms with Crippen LogP contribution in [0.2, 0.25) is 0 Å². The molecule has 1 aromatic heterocycles. The quantitative estimate of drug-likeness (QED) is 0.845. The largest absolute Gasteiger partial charge is 0.340 e. The Balaban J connectivity index is 1.44. The van der Waals surface area contributed by atoms with E-state index < -0.39 is 11.6 Å². The second-order valence-corrected chi connectivity index (χ2v) is 6.27. The highest BCUT2D eigenvalue weighted by Crippen LogP contribution is 2.23. The van der Waals surface area contributed by atoms with Crippen LogP contribution in [0.5, 0.6) is 0 Å². The summed E-state index contributed by atoms with van der Waals surface area (Å²) in [4.78, 5) is 6.48. The van der Waals surface area contributed by atoms with Gasteiger partial charge in [-0.25, -0.2) is 8.78 Å². The molecule has 4 nitrogen and oxygen atoms in total. The van der Waals surface area contributed by atoms with Crippen LogP contribution < -0.4 is 0 Å². The molecule has 23 heavy (non-hydrogen) atoms. The van der Waals surface area contributed by atoms with Crippen molar-refractivity contribution in [3.8, 4) is 0 Å². The first-order valence-electron chi connectivity index (χ1n) is 8.05. The highest BCUT2D eigenvalue weighted by Gasteiger charge is 2.20. The number of piperidine rings is 1. The van der Waals surface area contributed by atoms with Crippen LogP contribution in [-0.2, 0) is 13.0 Å². The summed E-state index contributed by atoms with van der Waals surface area (Å²) in [6.07, 6.45) is 4.09. The first-order chi connectivity index (χ1) is 11.1. The molecule has 0 N–H and O–H groups in total. The number of nitrogens with zero attached hydrogens (tertiary/aromatic N) is 3. The molecule has 3 rings (SSSR count). The second kappa shape index (κ2) is 7.17. The molecular formula is C17H21F2N3O. The smallest absolute Gasteiger partial charge is 0.223 e. The van der Waals surface area contributed by atoms with Gasteiger partial charge in [0.25, 0.3) is 0 Å². The van der Waals surface area contributed by atoms with Crippen LogP contribution in [0.3, 0.4) is 0 Å². The maximum absolute atomic E-state index is 13.2. The summed E-state index contributed by atoms with van der Waals surface area (Å²) >= 11 is 0. The van der Waals surface area contributed by atoms with Gasteiger partial charge in [-0.1, -0.05) is 5.16 Å². The number of halogens is 2. The fourth-order valence-electron chi connectivity index (χ4n) is 3.17. The summed E-state index contributed by atoms with van der Waals surface area (Å²) < 4.78 is 31.4. The van der Waals surface area contributed by atoms with Gasteiger partial charge in [0.15, 0.2) is 5.82 Å². The van der Waals surface area contributed by atoms with E-state index in [1.54, 1.807) is 6.92 Å². The van der Waals surface area contributed by atoms with Crippen LogP contribution in [0, 0.1) is 24.5 Å². The Morgan fingerprint density at radius 3 is 2.48 bits per heavy atom. The number of hydrogen-bond acceptors (Lipinski definition) is 4. The third-order valence-electron chi connectivity index (χ3n) is 4.38. The summed E-state index contributed by atoms with van der Waals surface area (Å²) in [6.45, 7) is 4.30. The first-order valence-corrected chi connectivity index (χ1v) is 8.05. The second-order valence-electron chi connectivity index (χ2n) is 6.27. The highest BCUT2D eigenvalue weighted by molar-refractivity contribution is 5.17. The summed E-state index contributed by atoms with van der Waals surface area (Å²) in [5.74, 6) is 1.02. The summed E-state index contributed by atoms with van der Waals surface area (Å²) in [5.41, 5.74) is 0.697. The Kier molecular flexibility index (Phi) is 5.00. The van der Waals surface area contributed by atoms with E-state index in [0.717, 1.165) is 50.7 Å². The van der Waals surface area contributed by atoms with Gasteiger partial charge in [0.1, 0.15) is 11.6 Å². The molecule has 2 aromatic rings. The summed E-state index contributed by atoms with van der Waals surface area (Å²) in [7, 11) is 0. The van der Waals surface area contributed by atoms with Gasteiger partial charge in [-0.05, 0) is 56.0 Å². The topological polar surface area (TPSA) is 42.2 Å². The predicted molar refractivity (Wildman–Crippen MR) is 81.7 cm³/mol. The lowest BCUT2D eigenvalue weighted by Gasteiger charge is -2.31. The lowest BCUT2D eigenvalue weighted by molar-refractivity contribution is 0.171. The Morgan fingerprint density at radius 2 is 1.87 bits per heavy atom. The van der Waals surface area contributed by atoms with E-state index in [0.29, 0.717) is 23.9 Å². The fourth-order valence-corrected chi connectivity index (χ4v) is 3.17. The van der Waals surface area contributed by atoms with Crippen molar-refractivity contribution in [2.45, 2.75) is 39.2 Å². The van der Waals surface area contributed by atoms with Gasteiger partial charge in [-0.15, -0.1) is 0 Å². The zero-order valence-electron chi connectivity index (χ0n) is 13.3. The molecule has 0 amide bonds. The van der Waals surface area contributed by atoms with E-state index >= 15 is 0 Å². The van der Waals surface area contributed by atoms with Gasteiger partial charge < -0.3 is 4.52 Å². The molecule has 124 valence electrons. The highest BCUT2D eigenvalue weighted by atomic mass is 19.1. The normalized spacial score (nSPS) is 16.8. The summed E-state index contributed by atoms with van der Waals surface area (Å²) in [5, 5.41) is 3.92. The molecule has 6 heteroatoms. The van der Waals surface area contributed by atoms with E-state index in [4.69, 9.17) is 4.52 Å². The minimum Gasteiger partial charge on any atom is -0.340 e. The van der Waals surface area contributed by atoms with Crippen molar-refractivity contribution in [1.82, 2.24) is 15.0 Å². The molecule has 0 saturated carbocycles. The van der Waals surface area contributed by atoms with Crippen molar-refractivity contribution in [1.29, 1.82) is 0 Å². The third-order valence-corrected chi connectivity index (χ3v) is 4.38. The van der Waals surface area contributed by atoms with Gasteiger partial charge in [0.2, 0.25) is 5.89 Å². The zero-order valence-corrected chi connectivity index (χ0v) is 13.3. The Hall–Kier alpha value is -1.82. The molecule has 0 radical (unpaired) electrons. The number of aromatic nitrogens is 2. The molecule has 0 bridgehead atoms. The summed E-state index contributed by atoms with van der Waals surface area (Å²) in [6, 6.07) is 3.73. The Labute approximate surface area is 134 Å². The standard InChI is InChI=1S/C17H21F2N3O/c1-12-20-17(21-23-12)3-2-13-4-6-22(7-5-13)11-14-8-15(18)10-16(19)9-14/h8-10,13H,2-7,11H2,1H3. The first kappa shape index (κ1) is 16.1. The van der Waals surface area contributed by atoms with Gasteiger partial charge in [-0.2, -0.15) is 4.98 Å². The lowest BCUT2D eigenvalue weighted by Crippen LogP contribution is -2.33. The van der Waals surface area contributed by atoms with Crippen molar-refractivity contribution in [2.24, 2.45) is 5.92 Å². The average molecular weight is 321 g/mol. The molecule has 1 fully saturated rings. The van der Waals surface area contributed by atoms with Crippen molar-refractivity contribution >= 4 is 0 Å². The molecular weight excluding hydrogens is 300 g/mol. The SMILES string of the molecule is Cc1nc(CCC2CCN(Cc3cc(F)cc(F)c3)CC2)no1.